The molecule has 1 aliphatic carbocycles. The lowest BCUT2D eigenvalue weighted by molar-refractivity contribution is 0.0713. The van der Waals surface area contributed by atoms with Crippen LogP contribution in [0.1, 0.15) is 16.8 Å². The predicted molar refractivity (Wildman–Crippen MR) is 100 cm³/mol. The van der Waals surface area contributed by atoms with Crippen molar-refractivity contribution in [2.24, 2.45) is 17.6 Å². The van der Waals surface area contributed by atoms with Crippen LogP contribution >= 0.6 is 0 Å². The highest BCUT2D eigenvalue weighted by Crippen LogP contribution is 2.49. The summed E-state index contributed by atoms with van der Waals surface area (Å²) in [6.07, 6.45) is 4.69. The van der Waals surface area contributed by atoms with Crippen molar-refractivity contribution in [2.45, 2.75) is 12.5 Å². The number of carbonyl (C=O) groups excluding carboxylic acids is 1. The number of hydrogen-bond donors (Lipinski definition) is 1. The quantitative estimate of drug-likeness (QED) is 0.793. The molecule has 0 unspecified atom stereocenters. The molecule has 3 heterocycles. The van der Waals surface area contributed by atoms with Gasteiger partial charge in [-0.2, -0.15) is 0 Å². The Kier molecular flexibility index (Phi) is 3.50. The van der Waals surface area contributed by atoms with Crippen molar-refractivity contribution in [2.75, 3.05) is 13.1 Å². The van der Waals surface area contributed by atoms with Gasteiger partial charge in [-0.1, -0.05) is 30.3 Å². The number of piperidine rings is 1. The summed E-state index contributed by atoms with van der Waals surface area (Å²) in [5, 5.41) is 0.879. The zero-order valence-electron chi connectivity index (χ0n) is 14.4. The van der Waals surface area contributed by atoms with Gasteiger partial charge in [0.25, 0.3) is 5.91 Å². The van der Waals surface area contributed by atoms with E-state index in [9.17, 15) is 4.79 Å². The summed E-state index contributed by atoms with van der Waals surface area (Å²) in [6.45, 7) is 1.33. The number of rotatable bonds is 3. The maximum atomic E-state index is 13.4. The van der Waals surface area contributed by atoms with Crippen molar-refractivity contribution in [1.29, 1.82) is 0 Å². The van der Waals surface area contributed by atoms with Crippen LogP contribution in [-0.2, 0) is 0 Å². The van der Waals surface area contributed by atoms with Gasteiger partial charge in [-0.3, -0.25) is 9.78 Å². The monoisotopic (exact) mass is 344 g/mol. The van der Waals surface area contributed by atoms with Crippen LogP contribution in [0.25, 0.3) is 22.2 Å². The van der Waals surface area contributed by atoms with E-state index in [1.54, 1.807) is 12.4 Å². The summed E-state index contributed by atoms with van der Waals surface area (Å²) in [6, 6.07) is 13.9. The van der Waals surface area contributed by atoms with Crippen LogP contribution in [0.15, 0.2) is 54.9 Å². The molecule has 2 aromatic heterocycles. The number of amides is 1. The Hall–Kier alpha value is -2.79. The summed E-state index contributed by atoms with van der Waals surface area (Å²) in [5.74, 6) is 1.24. The fourth-order valence-corrected chi connectivity index (χ4v) is 4.26. The third-order valence-corrected chi connectivity index (χ3v) is 5.70. The van der Waals surface area contributed by atoms with E-state index in [1.807, 2.05) is 47.4 Å². The molecule has 3 aromatic rings. The first-order valence-corrected chi connectivity index (χ1v) is 9.07. The van der Waals surface area contributed by atoms with Crippen LogP contribution in [0.4, 0.5) is 0 Å². The Bertz CT molecular complexity index is 988. The van der Waals surface area contributed by atoms with Gasteiger partial charge in [-0.15, -0.1) is 0 Å². The van der Waals surface area contributed by atoms with Gasteiger partial charge in [0.1, 0.15) is 0 Å². The summed E-state index contributed by atoms with van der Waals surface area (Å²) in [4.78, 5) is 24.4. The zero-order chi connectivity index (χ0) is 17.7. The normalized spacial score (nSPS) is 23.9. The van der Waals surface area contributed by atoms with Crippen LogP contribution < -0.4 is 5.73 Å². The fraction of sp³-hybridized carbons (Fsp3) is 0.286. The number of likely N-dealkylation sites (tertiary alicyclic amines) is 1. The summed E-state index contributed by atoms with van der Waals surface area (Å²) in [5.41, 5.74) is 9.13. The smallest absolute Gasteiger partial charge is 0.256 e. The van der Waals surface area contributed by atoms with Crippen LogP contribution in [0.3, 0.4) is 0 Å². The first-order chi connectivity index (χ1) is 12.8. The van der Waals surface area contributed by atoms with Crippen molar-refractivity contribution >= 4 is 16.8 Å². The highest BCUT2D eigenvalue weighted by Gasteiger charge is 2.53. The Labute approximate surface area is 151 Å². The van der Waals surface area contributed by atoms with Crippen molar-refractivity contribution in [3.63, 3.8) is 0 Å². The minimum atomic E-state index is 0.0322. The topological polar surface area (TPSA) is 72.1 Å². The molecule has 1 saturated heterocycles. The number of nitrogens with zero attached hydrogens (tertiary/aromatic N) is 3. The average Bonchev–Trinajstić information content (AvgIpc) is 3.37. The first-order valence-electron chi connectivity index (χ1n) is 9.07. The maximum absolute atomic E-state index is 13.4. The third-order valence-electron chi connectivity index (χ3n) is 5.70. The highest BCUT2D eigenvalue weighted by molar-refractivity contribution is 6.03. The Morgan fingerprint density at radius 2 is 2.08 bits per heavy atom. The van der Waals surface area contributed by atoms with Gasteiger partial charge >= 0.3 is 0 Å². The standard InChI is InChI=1S/C21H20N4O/c22-10-19-16-9-15(16)12-25(19)21(26)17-8-14-11-23-7-6-18(14)24-20(17)13-4-2-1-3-5-13/h1-8,11,15-16,19H,9-10,12,22H2/t15-,16-,19+/m0/s1. The van der Waals surface area contributed by atoms with Gasteiger partial charge in [-0.05, 0) is 30.4 Å². The van der Waals surface area contributed by atoms with E-state index in [0.717, 1.165) is 28.7 Å². The SMILES string of the molecule is NC[C@@H]1[C@H]2C[C@H]2CN1C(=O)c1cc2cnccc2nc1-c1ccccc1. The van der Waals surface area contributed by atoms with Gasteiger partial charge in [-0.25, -0.2) is 4.98 Å². The Morgan fingerprint density at radius 3 is 2.88 bits per heavy atom. The Balaban J connectivity index is 1.65. The number of nitrogens with two attached hydrogens (primary N) is 1. The first kappa shape index (κ1) is 15.5. The molecular formula is C21H20N4O. The molecule has 5 rings (SSSR count). The van der Waals surface area contributed by atoms with Crippen molar-refractivity contribution in [3.05, 3.63) is 60.4 Å². The van der Waals surface area contributed by atoms with E-state index < -0.39 is 0 Å². The van der Waals surface area contributed by atoms with Gasteiger partial charge in [0.15, 0.2) is 0 Å². The third kappa shape index (κ3) is 2.39. The molecule has 0 radical (unpaired) electrons. The lowest BCUT2D eigenvalue weighted by Gasteiger charge is -2.27. The average molecular weight is 344 g/mol. The fourth-order valence-electron chi connectivity index (χ4n) is 4.26. The van der Waals surface area contributed by atoms with Crippen LogP contribution in [0.5, 0.6) is 0 Å². The minimum absolute atomic E-state index is 0.0322. The largest absolute Gasteiger partial charge is 0.334 e. The van der Waals surface area contributed by atoms with Gasteiger partial charge in [0.2, 0.25) is 0 Å². The maximum Gasteiger partial charge on any atom is 0.256 e. The van der Waals surface area contributed by atoms with Crippen molar-refractivity contribution in [1.82, 2.24) is 14.9 Å². The molecular weight excluding hydrogens is 324 g/mol. The number of aromatic nitrogens is 2. The summed E-state index contributed by atoms with van der Waals surface area (Å²) in [7, 11) is 0. The lowest BCUT2D eigenvalue weighted by atomic mass is 10.0. The molecule has 130 valence electrons. The van der Waals surface area contributed by atoms with E-state index in [0.29, 0.717) is 23.9 Å². The van der Waals surface area contributed by atoms with Crippen molar-refractivity contribution < 1.29 is 4.79 Å². The second-order valence-electron chi connectivity index (χ2n) is 7.24. The predicted octanol–water partition coefficient (Wildman–Crippen LogP) is 2.72. The number of pyridine rings is 2. The second-order valence-corrected chi connectivity index (χ2v) is 7.24. The molecule has 26 heavy (non-hydrogen) atoms. The molecule has 2 fully saturated rings. The number of benzene rings is 1. The second kappa shape index (κ2) is 5.88. The molecule has 3 atom stereocenters. The molecule has 1 amide bonds. The summed E-state index contributed by atoms with van der Waals surface area (Å²) < 4.78 is 0. The molecule has 2 aliphatic rings. The van der Waals surface area contributed by atoms with Crippen LogP contribution in [-0.4, -0.2) is 39.9 Å². The van der Waals surface area contributed by atoms with E-state index in [2.05, 4.69) is 4.98 Å². The molecule has 5 nitrogen and oxygen atoms in total. The number of fused-ring (bicyclic) bond motifs is 2. The molecule has 2 N–H and O–H groups in total. The Morgan fingerprint density at radius 1 is 1.23 bits per heavy atom. The molecule has 1 aromatic carbocycles. The van der Waals surface area contributed by atoms with Gasteiger partial charge in [0, 0.05) is 42.5 Å². The molecule has 0 spiro atoms. The van der Waals surface area contributed by atoms with E-state index in [-0.39, 0.29) is 11.9 Å². The molecule has 1 saturated carbocycles. The van der Waals surface area contributed by atoms with Crippen molar-refractivity contribution in [3.8, 4) is 11.3 Å². The van der Waals surface area contributed by atoms with Gasteiger partial charge in [0.05, 0.1) is 16.8 Å². The van der Waals surface area contributed by atoms with E-state index >= 15 is 0 Å². The number of carbonyl (C=O) groups is 1. The molecule has 5 heteroatoms. The number of hydrogen-bond acceptors (Lipinski definition) is 4. The van der Waals surface area contributed by atoms with Gasteiger partial charge < -0.3 is 10.6 Å². The molecule has 0 bridgehead atoms. The zero-order valence-corrected chi connectivity index (χ0v) is 14.4. The lowest BCUT2D eigenvalue weighted by Crippen LogP contribution is -2.43. The van der Waals surface area contributed by atoms with Crippen LogP contribution in [0.2, 0.25) is 0 Å². The minimum Gasteiger partial charge on any atom is -0.334 e. The van der Waals surface area contributed by atoms with Crippen LogP contribution in [0, 0.1) is 11.8 Å². The molecule has 1 aliphatic heterocycles. The van der Waals surface area contributed by atoms with E-state index in [4.69, 9.17) is 10.7 Å². The highest BCUT2D eigenvalue weighted by atomic mass is 16.2. The summed E-state index contributed by atoms with van der Waals surface area (Å²) >= 11 is 0. The van der Waals surface area contributed by atoms with E-state index in [1.165, 1.54) is 6.42 Å².